The van der Waals surface area contributed by atoms with Crippen LogP contribution in [0.2, 0.25) is 0 Å². The van der Waals surface area contributed by atoms with E-state index in [4.69, 9.17) is 9.84 Å². The Morgan fingerprint density at radius 2 is 1.94 bits per heavy atom. The summed E-state index contributed by atoms with van der Waals surface area (Å²) in [5.74, 6) is 0.734. The van der Waals surface area contributed by atoms with Crippen molar-refractivity contribution >= 4 is 27.6 Å². The molecule has 4 nitrogen and oxygen atoms in total. The highest BCUT2D eigenvalue weighted by atomic mass is 33.1. The van der Waals surface area contributed by atoms with Gasteiger partial charge in [-0.1, -0.05) is 33.7 Å². The van der Waals surface area contributed by atoms with Gasteiger partial charge in [0.05, 0.1) is 6.61 Å². The molecular formula is C11H14O4S2. The first-order chi connectivity index (χ1) is 8.25. The number of phenolic OH excluding ortho intramolecular Hbond substituents is 1. The van der Waals surface area contributed by atoms with Gasteiger partial charge in [-0.25, -0.2) is 4.79 Å². The van der Waals surface area contributed by atoms with Gasteiger partial charge in [0.25, 0.3) is 0 Å². The third kappa shape index (κ3) is 5.34. The molecule has 0 aromatic heterocycles. The normalized spacial score (nSPS) is 10.2. The summed E-state index contributed by atoms with van der Waals surface area (Å²) >= 11 is 0. The molecule has 0 aliphatic heterocycles. The summed E-state index contributed by atoms with van der Waals surface area (Å²) in [6.45, 7) is 0.436. The fourth-order valence-corrected chi connectivity index (χ4v) is 2.64. The Bertz CT molecular complexity index is 357. The van der Waals surface area contributed by atoms with Crippen LogP contribution in [0.4, 0.5) is 0 Å². The lowest BCUT2D eigenvalue weighted by molar-refractivity contribution is 0.0527. The summed E-state index contributed by atoms with van der Waals surface area (Å²) in [4.78, 5) is 11.5. The quantitative estimate of drug-likeness (QED) is 0.450. The summed E-state index contributed by atoms with van der Waals surface area (Å²) in [6.07, 6.45) is 0. The molecule has 1 aromatic rings. The standard InChI is InChI=1S/C11H14O4S2/c12-5-7-16-17-8-6-15-11(14)9-3-1-2-4-10(9)13/h1-4,12-13H,5-8H2. The number of hydrogen-bond acceptors (Lipinski definition) is 6. The summed E-state index contributed by atoms with van der Waals surface area (Å²) in [5.41, 5.74) is 0.181. The summed E-state index contributed by atoms with van der Waals surface area (Å²) in [6, 6.07) is 6.28. The molecule has 0 saturated carbocycles. The van der Waals surface area contributed by atoms with E-state index in [0.717, 1.165) is 0 Å². The molecule has 0 fully saturated rings. The minimum absolute atomic E-state index is 0.0696. The summed E-state index contributed by atoms with van der Waals surface area (Å²) in [7, 11) is 3.07. The van der Waals surface area contributed by atoms with Gasteiger partial charge in [0.15, 0.2) is 0 Å². The molecule has 0 aliphatic rings. The van der Waals surface area contributed by atoms with Crippen molar-refractivity contribution in [3.63, 3.8) is 0 Å². The summed E-state index contributed by atoms with van der Waals surface area (Å²) < 4.78 is 4.99. The average Bonchev–Trinajstić information content (AvgIpc) is 2.34. The van der Waals surface area contributed by atoms with Crippen molar-refractivity contribution in [2.24, 2.45) is 0 Å². The SMILES string of the molecule is O=C(OCCSSCCO)c1ccccc1O. The van der Waals surface area contributed by atoms with E-state index in [0.29, 0.717) is 11.5 Å². The Kier molecular flexibility index (Phi) is 6.91. The van der Waals surface area contributed by atoms with Crippen LogP contribution in [-0.4, -0.2) is 40.9 Å². The molecule has 0 unspecified atom stereocenters. The number of esters is 1. The second-order valence-corrected chi connectivity index (χ2v) is 5.72. The number of para-hydroxylation sites is 1. The molecule has 0 aliphatic carbocycles. The molecule has 6 heteroatoms. The van der Waals surface area contributed by atoms with Crippen LogP contribution in [0.25, 0.3) is 0 Å². The molecule has 0 radical (unpaired) electrons. The Morgan fingerprint density at radius 3 is 2.65 bits per heavy atom. The van der Waals surface area contributed by atoms with E-state index in [1.165, 1.54) is 33.7 Å². The molecule has 1 aromatic carbocycles. The molecule has 0 bridgehead atoms. The maximum Gasteiger partial charge on any atom is 0.341 e. The number of aliphatic hydroxyl groups is 1. The van der Waals surface area contributed by atoms with Crippen LogP contribution in [0.1, 0.15) is 10.4 Å². The number of carbonyl (C=O) groups is 1. The predicted molar refractivity (Wildman–Crippen MR) is 70.4 cm³/mol. The van der Waals surface area contributed by atoms with E-state index < -0.39 is 5.97 Å². The van der Waals surface area contributed by atoms with Crippen LogP contribution in [0, 0.1) is 0 Å². The number of rotatable bonds is 7. The zero-order valence-electron chi connectivity index (χ0n) is 9.17. The van der Waals surface area contributed by atoms with E-state index in [1.54, 1.807) is 12.1 Å². The fraction of sp³-hybridized carbons (Fsp3) is 0.364. The van der Waals surface area contributed by atoms with Crippen molar-refractivity contribution in [1.29, 1.82) is 0 Å². The fourth-order valence-electron chi connectivity index (χ4n) is 1.05. The molecule has 0 heterocycles. The number of aliphatic hydroxyl groups excluding tert-OH is 1. The van der Waals surface area contributed by atoms with E-state index >= 15 is 0 Å². The maximum atomic E-state index is 11.5. The highest BCUT2D eigenvalue weighted by Crippen LogP contribution is 2.20. The molecular weight excluding hydrogens is 260 g/mol. The van der Waals surface area contributed by atoms with Gasteiger partial charge in [-0.15, -0.1) is 0 Å². The third-order valence-electron chi connectivity index (χ3n) is 1.78. The van der Waals surface area contributed by atoms with Crippen LogP contribution < -0.4 is 0 Å². The average molecular weight is 274 g/mol. The van der Waals surface area contributed by atoms with Gasteiger partial charge in [0.2, 0.25) is 0 Å². The van der Waals surface area contributed by atoms with Gasteiger partial charge in [-0.2, -0.15) is 0 Å². The van der Waals surface area contributed by atoms with Crippen LogP contribution in [0.5, 0.6) is 5.75 Å². The van der Waals surface area contributed by atoms with E-state index in [1.807, 2.05) is 0 Å². The van der Waals surface area contributed by atoms with Crippen molar-refractivity contribution in [1.82, 2.24) is 0 Å². The molecule has 0 amide bonds. The van der Waals surface area contributed by atoms with Crippen LogP contribution in [0.3, 0.4) is 0 Å². The number of aromatic hydroxyl groups is 1. The first kappa shape index (κ1) is 14.2. The van der Waals surface area contributed by atoms with Gasteiger partial charge in [0, 0.05) is 11.5 Å². The van der Waals surface area contributed by atoms with Gasteiger partial charge in [-0.3, -0.25) is 0 Å². The van der Waals surface area contributed by atoms with Crippen LogP contribution in [-0.2, 0) is 4.74 Å². The van der Waals surface area contributed by atoms with Crippen LogP contribution in [0.15, 0.2) is 24.3 Å². The van der Waals surface area contributed by atoms with Crippen molar-refractivity contribution in [2.45, 2.75) is 0 Å². The first-order valence-corrected chi connectivity index (χ1v) is 7.55. The van der Waals surface area contributed by atoms with E-state index in [-0.39, 0.29) is 24.5 Å². The number of benzene rings is 1. The first-order valence-electron chi connectivity index (χ1n) is 5.06. The lowest BCUT2D eigenvalue weighted by atomic mass is 10.2. The monoisotopic (exact) mass is 274 g/mol. The zero-order valence-corrected chi connectivity index (χ0v) is 10.8. The van der Waals surface area contributed by atoms with Crippen molar-refractivity contribution < 1.29 is 19.7 Å². The number of ether oxygens (including phenoxy) is 1. The zero-order chi connectivity index (χ0) is 12.5. The number of phenols is 1. The molecule has 17 heavy (non-hydrogen) atoms. The Morgan fingerprint density at radius 1 is 1.24 bits per heavy atom. The minimum atomic E-state index is -0.518. The van der Waals surface area contributed by atoms with E-state index in [9.17, 15) is 9.90 Å². The molecule has 0 atom stereocenters. The molecule has 94 valence electrons. The second kappa shape index (κ2) is 8.27. The van der Waals surface area contributed by atoms with Gasteiger partial charge in [0.1, 0.15) is 17.9 Å². The highest BCUT2D eigenvalue weighted by molar-refractivity contribution is 8.76. The van der Waals surface area contributed by atoms with Gasteiger partial charge in [-0.05, 0) is 12.1 Å². The van der Waals surface area contributed by atoms with Crippen LogP contribution >= 0.6 is 21.6 Å². The van der Waals surface area contributed by atoms with Gasteiger partial charge >= 0.3 is 5.97 Å². The van der Waals surface area contributed by atoms with Crippen molar-refractivity contribution in [3.8, 4) is 5.75 Å². The van der Waals surface area contributed by atoms with Crippen molar-refractivity contribution in [2.75, 3.05) is 24.7 Å². The molecule has 0 spiro atoms. The van der Waals surface area contributed by atoms with Crippen molar-refractivity contribution in [3.05, 3.63) is 29.8 Å². The number of hydrogen-bond donors (Lipinski definition) is 2. The molecule has 0 saturated heterocycles. The molecule has 2 N–H and O–H groups in total. The summed E-state index contributed by atoms with van der Waals surface area (Å²) in [5, 5.41) is 18.0. The lowest BCUT2D eigenvalue weighted by Crippen LogP contribution is -2.07. The Labute approximate surface area is 108 Å². The molecule has 1 rings (SSSR count). The number of carbonyl (C=O) groups excluding carboxylic acids is 1. The predicted octanol–water partition coefficient (Wildman–Crippen LogP) is 1.92. The third-order valence-corrected chi connectivity index (χ3v) is 4.13. The topological polar surface area (TPSA) is 66.8 Å². The minimum Gasteiger partial charge on any atom is -0.507 e. The lowest BCUT2D eigenvalue weighted by Gasteiger charge is -2.05. The smallest absolute Gasteiger partial charge is 0.341 e. The second-order valence-electron chi connectivity index (χ2n) is 3.02. The largest absolute Gasteiger partial charge is 0.507 e. The van der Waals surface area contributed by atoms with E-state index in [2.05, 4.69) is 0 Å². The van der Waals surface area contributed by atoms with Gasteiger partial charge < -0.3 is 14.9 Å². The highest BCUT2D eigenvalue weighted by Gasteiger charge is 2.10. The Balaban J connectivity index is 2.24. The Hall–Kier alpha value is -0.850. The maximum absolute atomic E-state index is 11.5.